The number of aromatic nitrogens is 4. The van der Waals surface area contributed by atoms with Crippen molar-refractivity contribution in [3.05, 3.63) is 231 Å². The van der Waals surface area contributed by atoms with E-state index in [1.807, 2.05) is 48.5 Å². The van der Waals surface area contributed by atoms with E-state index in [4.69, 9.17) is 14.4 Å². The molecular formula is C58H38N4O. The Bertz CT molecular complexity index is 3310. The van der Waals surface area contributed by atoms with E-state index in [2.05, 4.69) is 192 Å². The number of fused-ring (bicyclic) bond motifs is 1. The molecule has 0 saturated carbocycles. The van der Waals surface area contributed by atoms with E-state index >= 15 is 0 Å². The van der Waals surface area contributed by atoms with Gasteiger partial charge in [-0.2, -0.15) is 0 Å². The first-order valence-corrected chi connectivity index (χ1v) is 21.0. The molecule has 0 bridgehead atoms. The molecule has 11 aromatic rings. The van der Waals surface area contributed by atoms with Crippen molar-refractivity contribution in [2.45, 2.75) is 0 Å². The van der Waals surface area contributed by atoms with Gasteiger partial charge in [0.15, 0.2) is 0 Å². The Morgan fingerprint density at radius 2 is 0.492 bits per heavy atom. The molecule has 2 aromatic heterocycles. The van der Waals surface area contributed by atoms with Crippen LogP contribution in [-0.4, -0.2) is 20.2 Å². The highest BCUT2D eigenvalue weighted by atomic mass is 16.4. The van der Waals surface area contributed by atoms with Crippen molar-refractivity contribution in [1.82, 2.24) is 20.2 Å². The molecule has 0 fully saturated rings. The lowest BCUT2D eigenvalue weighted by molar-refractivity contribution is 0.584. The largest absolute Gasteiger partial charge is 0.416 e. The van der Waals surface area contributed by atoms with E-state index in [0.29, 0.717) is 11.8 Å². The second-order valence-corrected chi connectivity index (χ2v) is 15.5. The van der Waals surface area contributed by atoms with Gasteiger partial charge in [-0.3, -0.25) is 0 Å². The monoisotopic (exact) mass is 806 g/mol. The van der Waals surface area contributed by atoms with Crippen LogP contribution in [0.2, 0.25) is 0 Å². The molecule has 2 heterocycles. The van der Waals surface area contributed by atoms with Gasteiger partial charge < -0.3 is 4.42 Å². The molecule has 0 aliphatic rings. The molecule has 5 heteroatoms. The number of hydrogen-bond acceptors (Lipinski definition) is 5. The van der Waals surface area contributed by atoms with Gasteiger partial charge in [0.2, 0.25) is 11.8 Å². The maximum absolute atomic E-state index is 6.01. The van der Waals surface area contributed by atoms with E-state index in [1.54, 1.807) is 0 Å². The first kappa shape index (κ1) is 37.5. The lowest BCUT2D eigenvalue weighted by atomic mass is 9.91. The van der Waals surface area contributed by atoms with Gasteiger partial charge >= 0.3 is 0 Å². The van der Waals surface area contributed by atoms with Crippen LogP contribution in [0.1, 0.15) is 0 Å². The molecule has 0 unspecified atom stereocenters. The van der Waals surface area contributed by atoms with Gasteiger partial charge in [-0.25, -0.2) is 9.97 Å². The standard InChI is InChI=1S/C58H38N4O/c1-5-13-39(14-6-1)41-21-29-45(30-22-41)51-37-53-54(38-52(51)46-31-23-42(24-32-46)40-15-7-2-8-16-40)60-56(55(59-53)47-17-9-3-10-18-47)48-33-25-43(26-34-48)44-27-35-50(36-28-44)58-62-61-57(63-58)49-19-11-4-12-20-49/h1-38H. The smallest absolute Gasteiger partial charge is 0.248 e. The SMILES string of the molecule is c1ccc(-c2ccc(-c3cc4nc(-c5ccccc5)c(-c5ccc(-c6ccc(-c7nnc(-c8ccccc8)o7)cc6)cc5)nc4cc3-c3ccc(-c4ccccc4)cc3)cc2)cc1. The molecule has 296 valence electrons. The number of benzene rings is 9. The van der Waals surface area contributed by atoms with Crippen molar-refractivity contribution in [3.63, 3.8) is 0 Å². The quantitative estimate of drug-likeness (QED) is 0.145. The Kier molecular flexibility index (Phi) is 9.80. The fourth-order valence-electron chi connectivity index (χ4n) is 8.19. The lowest BCUT2D eigenvalue weighted by Crippen LogP contribution is -1.97. The summed E-state index contributed by atoms with van der Waals surface area (Å²) < 4.78 is 6.01. The normalized spacial score (nSPS) is 11.2. The van der Waals surface area contributed by atoms with Gasteiger partial charge in [0.25, 0.3) is 0 Å². The van der Waals surface area contributed by atoms with Crippen molar-refractivity contribution in [2.75, 3.05) is 0 Å². The van der Waals surface area contributed by atoms with Crippen LogP contribution < -0.4 is 0 Å². The molecule has 0 N–H and O–H groups in total. The van der Waals surface area contributed by atoms with Gasteiger partial charge in [-0.15, -0.1) is 10.2 Å². The number of hydrogen-bond donors (Lipinski definition) is 0. The minimum atomic E-state index is 0.486. The van der Waals surface area contributed by atoms with Crippen molar-refractivity contribution in [1.29, 1.82) is 0 Å². The van der Waals surface area contributed by atoms with Gasteiger partial charge in [0.05, 0.1) is 22.4 Å². The zero-order chi connectivity index (χ0) is 42.0. The molecule has 0 aliphatic heterocycles. The molecule has 0 atom stereocenters. The van der Waals surface area contributed by atoms with Crippen LogP contribution in [0.4, 0.5) is 0 Å². The summed E-state index contributed by atoms with van der Waals surface area (Å²) in [5.41, 5.74) is 18.4. The van der Waals surface area contributed by atoms with E-state index in [1.165, 1.54) is 22.3 Å². The van der Waals surface area contributed by atoms with E-state index < -0.39 is 0 Å². The topological polar surface area (TPSA) is 64.7 Å². The first-order valence-electron chi connectivity index (χ1n) is 21.0. The van der Waals surface area contributed by atoms with Gasteiger partial charge in [-0.1, -0.05) is 194 Å². The molecular weight excluding hydrogens is 769 g/mol. The van der Waals surface area contributed by atoms with Crippen LogP contribution in [0.25, 0.3) is 112 Å². The highest BCUT2D eigenvalue weighted by molar-refractivity contribution is 5.96. The van der Waals surface area contributed by atoms with Crippen LogP contribution in [0.15, 0.2) is 235 Å². The predicted molar refractivity (Wildman–Crippen MR) is 256 cm³/mol. The summed E-state index contributed by atoms with van der Waals surface area (Å²) in [5, 5.41) is 8.57. The highest BCUT2D eigenvalue weighted by Crippen LogP contribution is 2.40. The summed E-state index contributed by atoms with van der Waals surface area (Å²) in [4.78, 5) is 10.9. The number of nitrogens with zero attached hydrogens (tertiary/aromatic N) is 4. The zero-order valence-electron chi connectivity index (χ0n) is 34.1. The third-order valence-corrected chi connectivity index (χ3v) is 11.5. The Labute approximate surface area is 365 Å². The molecule has 5 nitrogen and oxygen atoms in total. The van der Waals surface area contributed by atoms with E-state index in [-0.39, 0.29) is 0 Å². The van der Waals surface area contributed by atoms with Gasteiger partial charge in [0.1, 0.15) is 0 Å². The lowest BCUT2D eigenvalue weighted by Gasteiger charge is -2.16. The summed E-state index contributed by atoms with van der Waals surface area (Å²) >= 11 is 0. The first-order chi connectivity index (χ1) is 31.2. The Balaban J connectivity index is 0.982. The Hall–Kier alpha value is -8.54. The summed E-state index contributed by atoms with van der Waals surface area (Å²) in [5.74, 6) is 0.986. The Morgan fingerprint density at radius 1 is 0.238 bits per heavy atom. The van der Waals surface area contributed by atoms with Crippen molar-refractivity contribution in [2.24, 2.45) is 0 Å². The molecule has 0 amide bonds. The van der Waals surface area contributed by atoms with E-state index in [0.717, 1.165) is 78.1 Å². The molecule has 11 rings (SSSR count). The third-order valence-electron chi connectivity index (χ3n) is 11.5. The van der Waals surface area contributed by atoms with E-state index in [9.17, 15) is 0 Å². The average Bonchev–Trinajstić information content (AvgIpc) is 3.88. The van der Waals surface area contributed by atoms with Crippen LogP contribution in [0.3, 0.4) is 0 Å². The second kappa shape index (κ2) is 16.5. The molecule has 0 radical (unpaired) electrons. The Morgan fingerprint density at radius 3 is 0.873 bits per heavy atom. The molecule has 9 aromatic carbocycles. The minimum absolute atomic E-state index is 0.486. The van der Waals surface area contributed by atoms with Crippen LogP contribution >= 0.6 is 0 Å². The minimum Gasteiger partial charge on any atom is -0.416 e. The predicted octanol–water partition coefficient (Wildman–Crippen LogP) is 15.0. The summed E-state index contributed by atoms with van der Waals surface area (Å²) in [6, 6.07) is 80.0. The maximum Gasteiger partial charge on any atom is 0.248 e. The molecule has 0 saturated heterocycles. The average molecular weight is 807 g/mol. The molecule has 0 spiro atoms. The van der Waals surface area contributed by atoms with Gasteiger partial charge in [0, 0.05) is 22.3 Å². The molecule has 63 heavy (non-hydrogen) atoms. The van der Waals surface area contributed by atoms with Crippen molar-refractivity contribution < 1.29 is 4.42 Å². The third kappa shape index (κ3) is 7.60. The fourth-order valence-corrected chi connectivity index (χ4v) is 8.19. The van der Waals surface area contributed by atoms with Crippen LogP contribution in [-0.2, 0) is 0 Å². The van der Waals surface area contributed by atoms with Gasteiger partial charge in [-0.05, 0) is 92.0 Å². The maximum atomic E-state index is 6.01. The summed E-state index contributed by atoms with van der Waals surface area (Å²) in [7, 11) is 0. The summed E-state index contributed by atoms with van der Waals surface area (Å²) in [6.45, 7) is 0. The number of rotatable bonds is 9. The molecule has 0 aliphatic carbocycles. The fraction of sp³-hybridized carbons (Fsp3) is 0. The second-order valence-electron chi connectivity index (χ2n) is 15.5. The van der Waals surface area contributed by atoms with Crippen LogP contribution in [0.5, 0.6) is 0 Å². The highest BCUT2D eigenvalue weighted by Gasteiger charge is 2.18. The van der Waals surface area contributed by atoms with Crippen LogP contribution in [0, 0.1) is 0 Å². The van der Waals surface area contributed by atoms with Crippen molar-refractivity contribution in [3.8, 4) is 101 Å². The van der Waals surface area contributed by atoms with Crippen molar-refractivity contribution >= 4 is 11.0 Å². The summed E-state index contributed by atoms with van der Waals surface area (Å²) in [6.07, 6.45) is 0. The zero-order valence-corrected chi connectivity index (χ0v) is 34.1.